The number of likely N-dealkylation sites (tertiary alicyclic amines) is 2. The van der Waals surface area contributed by atoms with Crippen LogP contribution in [0.15, 0.2) is 24.3 Å². The van der Waals surface area contributed by atoms with Crippen molar-refractivity contribution in [2.45, 2.75) is 32.1 Å². The first kappa shape index (κ1) is 18.2. The summed E-state index contributed by atoms with van der Waals surface area (Å²) in [6.45, 7) is 2.81. The van der Waals surface area contributed by atoms with Gasteiger partial charge in [-0.15, -0.1) is 0 Å². The van der Waals surface area contributed by atoms with Gasteiger partial charge >= 0.3 is 0 Å². The number of hydrogen-bond acceptors (Lipinski definition) is 3. The maximum Gasteiger partial charge on any atom is 0.253 e. The molecule has 6 heteroatoms. The van der Waals surface area contributed by atoms with Crippen molar-refractivity contribution in [3.05, 3.63) is 34.9 Å². The van der Waals surface area contributed by atoms with Gasteiger partial charge in [-0.05, 0) is 43.9 Å². The molecule has 2 aliphatic heterocycles. The number of amides is 2. The van der Waals surface area contributed by atoms with Crippen LogP contribution in [0.4, 0.5) is 0 Å². The summed E-state index contributed by atoms with van der Waals surface area (Å²) in [6, 6.07) is 7.07. The number of nitrogens with zero attached hydrogens (tertiary/aromatic N) is 2. The van der Waals surface area contributed by atoms with Gasteiger partial charge in [0.2, 0.25) is 5.91 Å². The molecule has 2 heterocycles. The summed E-state index contributed by atoms with van der Waals surface area (Å²) in [7, 11) is 0. The molecule has 2 saturated heterocycles. The van der Waals surface area contributed by atoms with Crippen molar-refractivity contribution in [1.82, 2.24) is 9.80 Å². The highest BCUT2D eigenvalue weighted by Gasteiger charge is 2.42. The molecule has 0 unspecified atom stereocenters. The van der Waals surface area contributed by atoms with E-state index in [0.717, 1.165) is 25.8 Å². The molecule has 0 aliphatic carbocycles. The highest BCUT2D eigenvalue weighted by atomic mass is 35.5. The van der Waals surface area contributed by atoms with Gasteiger partial charge in [0.25, 0.3) is 5.91 Å². The van der Waals surface area contributed by atoms with Crippen molar-refractivity contribution in [2.24, 2.45) is 5.41 Å². The Hall–Kier alpha value is -1.59. The number of piperidine rings is 2. The van der Waals surface area contributed by atoms with E-state index in [4.69, 9.17) is 16.7 Å². The van der Waals surface area contributed by atoms with E-state index in [1.165, 1.54) is 0 Å². The molecule has 25 heavy (non-hydrogen) atoms. The van der Waals surface area contributed by atoms with Crippen molar-refractivity contribution >= 4 is 23.4 Å². The van der Waals surface area contributed by atoms with E-state index >= 15 is 0 Å². The number of carbonyl (C=O) groups excluding carboxylic acids is 2. The molecule has 1 aromatic carbocycles. The van der Waals surface area contributed by atoms with Gasteiger partial charge in [-0.2, -0.15) is 0 Å². The molecule has 136 valence electrons. The van der Waals surface area contributed by atoms with Crippen molar-refractivity contribution in [2.75, 3.05) is 32.8 Å². The fraction of sp³-hybridized carbons (Fsp3) is 0.579. The molecule has 1 spiro atoms. The van der Waals surface area contributed by atoms with Gasteiger partial charge in [0.15, 0.2) is 0 Å². The maximum atomic E-state index is 12.8. The molecule has 3 rings (SSSR count). The summed E-state index contributed by atoms with van der Waals surface area (Å²) in [5.41, 5.74) is 0.601. The second-order valence-electron chi connectivity index (χ2n) is 7.23. The molecular weight excluding hydrogens is 340 g/mol. The minimum atomic E-state index is -0.0180. The monoisotopic (exact) mass is 364 g/mol. The number of aliphatic hydroxyl groups is 1. The molecule has 5 nitrogen and oxygen atoms in total. The average molecular weight is 365 g/mol. The highest BCUT2D eigenvalue weighted by molar-refractivity contribution is 6.30. The molecule has 2 fully saturated rings. The number of carbonyl (C=O) groups is 2. The zero-order chi connectivity index (χ0) is 17.9. The van der Waals surface area contributed by atoms with Gasteiger partial charge in [-0.1, -0.05) is 17.7 Å². The van der Waals surface area contributed by atoms with Crippen LogP contribution in [-0.4, -0.2) is 59.5 Å². The Morgan fingerprint density at radius 1 is 1.28 bits per heavy atom. The Kier molecular flexibility index (Phi) is 5.64. The van der Waals surface area contributed by atoms with Crippen molar-refractivity contribution in [3.63, 3.8) is 0 Å². The largest absolute Gasteiger partial charge is 0.396 e. The highest BCUT2D eigenvalue weighted by Crippen LogP contribution is 2.39. The van der Waals surface area contributed by atoms with Crippen molar-refractivity contribution < 1.29 is 14.7 Å². The minimum Gasteiger partial charge on any atom is -0.396 e. The quantitative estimate of drug-likeness (QED) is 0.893. The van der Waals surface area contributed by atoms with Gasteiger partial charge < -0.3 is 14.9 Å². The van der Waals surface area contributed by atoms with Gasteiger partial charge in [-0.25, -0.2) is 0 Å². The van der Waals surface area contributed by atoms with E-state index in [1.54, 1.807) is 24.3 Å². The Morgan fingerprint density at radius 3 is 2.88 bits per heavy atom. The number of rotatable bonds is 4. The lowest BCUT2D eigenvalue weighted by molar-refractivity contribution is -0.139. The van der Waals surface area contributed by atoms with E-state index in [0.29, 0.717) is 43.1 Å². The van der Waals surface area contributed by atoms with Gasteiger partial charge in [-0.3, -0.25) is 9.59 Å². The Morgan fingerprint density at radius 2 is 2.12 bits per heavy atom. The van der Waals surface area contributed by atoms with Gasteiger partial charge in [0.1, 0.15) is 0 Å². The Labute approximate surface area is 153 Å². The zero-order valence-electron chi connectivity index (χ0n) is 14.4. The van der Waals surface area contributed by atoms with Gasteiger partial charge in [0, 0.05) is 55.2 Å². The third-order valence-electron chi connectivity index (χ3n) is 5.35. The number of halogens is 1. The van der Waals surface area contributed by atoms with Crippen LogP contribution in [0, 0.1) is 5.41 Å². The summed E-state index contributed by atoms with van der Waals surface area (Å²) in [6.07, 6.45) is 3.96. The molecular formula is C19H25ClN2O3. The fourth-order valence-electron chi connectivity index (χ4n) is 4.09. The second kappa shape index (κ2) is 7.75. The predicted octanol–water partition coefficient (Wildman–Crippen LogP) is 2.57. The van der Waals surface area contributed by atoms with Crippen molar-refractivity contribution in [1.29, 1.82) is 0 Å². The van der Waals surface area contributed by atoms with Crippen LogP contribution in [0.25, 0.3) is 0 Å². The second-order valence-corrected chi connectivity index (χ2v) is 7.67. The van der Waals surface area contributed by atoms with Crippen LogP contribution in [0.2, 0.25) is 5.02 Å². The normalized spacial score (nSPS) is 24.0. The van der Waals surface area contributed by atoms with Crippen LogP contribution in [-0.2, 0) is 4.79 Å². The first-order chi connectivity index (χ1) is 12.0. The average Bonchev–Trinajstić information content (AvgIpc) is 2.62. The molecule has 1 atom stereocenters. The summed E-state index contributed by atoms with van der Waals surface area (Å²) in [5.74, 6) is 0.178. The van der Waals surface area contributed by atoms with Gasteiger partial charge in [0.05, 0.1) is 0 Å². The number of aliphatic hydroxyl groups excluding tert-OH is 1. The van der Waals surface area contributed by atoms with Crippen molar-refractivity contribution in [3.8, 4) is 0 Å². The summed E-state index contributed by atoms with van der Waals surface area (Å²) >= 11 is 6.02. The lowest BCUT2D eigenvalue weighted by atomic mass is 9.73. The molecule has 1 N–H and O–H groups in total. The van der Waals surface area contributed by atoms with Crippen LogP contribution in [0.5, 0.6) is 0 Å². The summed E-state index contributed by atoms with van der Waals surface area (Å²) in [4.78, 5) is 28.8. The first-order valence-corrected chi connectivity index (χ1v) is 9.34. The third-order valence-corrected chi connectivity index (χ3v) is 5.59. The standard InChI is InChI=1S/C19H25ClN2O3/c20-16-5-1-4-15(12-16)18(25)22-9-2-7-19(14-22)8-6-17(24)21(13-19)10-3-11-23/h1,4-5,12,23H,2-3,6-11,13-14H2/t19-/m1/s1. The van der Waals surface area contributed by atoms with E-state index in [1.807, 2.05) is 9.80 Å². The van der Waals surface area contributed by atoms with E-state index in [9.17, 15) is 9.59 Å². The van der Waals surface area contributed by atoms with Crippen LogP contribution >= 0.6 is 11.6 Å². The third kappa shape index (κ3) is 4.15. The SMILES string of the molecule is O=C1CC[C@]2(CCCN(C(=O)c3cccc(Cl)c3)C2)CN1CCCO. The molecule has 0 bridgehead atoms. The predicted molar refractivity (Wildman–Crippen MR) is 96.5 cm³/mol. The number of hydrogen-bond donors (Lipinski definition) is 1. The smallest absolute Gasteiger partial charge is 0.253 e. The van der Waals surface area contributed by atoms with E-state index in [2.05, 4.69) is 0 Å². The summed E-state index contributed by atoms with van der Waals surface area (Å²) in [5, 5.41) is 9.61. The summed E-state index contributed by atoms with van der Waals surface area (Å²) < 4.78 is 0. The zero-order valence-corrected chi connectivity index (χ0v) is 15.2. The molecule has 2 amide bonds. The minimum absolute atomic E-state index is 0.0142. The fourth-order valence-corrected chi connectivity index (χ4v) is 4.28. The van der Waals surface area contributed by atoms with Crippen LogP contribution < -0.4 is 0 Å². The Balaban J connectivity index is 1.71. The lowest BCUT2D eigenvalue weighted by Gasteiger charge is -2.48. The maximum absolute atomic E-state index is 12.8. The molecule has 0 aromatic heterocycles. The lowest BCUT2D eigenvalue weighted by Crippen LogP contribution is -2.55. The van der Waals surface area contributed by atoms with E-state index < -0.39 is 0 Å². The first-order valence-electron chi connectivity index (χ1n) is 8.96. The van der Waals surface area contributed by atoms with Crippen LogP contribution in [0.1, 0.15) is 42.5 Å². The Bertz CT molecular complexity index is 651. The molecule has 0 saturated carbocycles. The van der Waals surface area contributed by atoms with Crippen LogP contribution in [0.3, 0.4) is 0 Å². The number of benzene rings is 1. The topological polar surface area (TPSA) is 60.9 Å². The molecule has 2 aliphatic rings. The molecule has 1 aromatic rings. The van der Waals surface area contributed by atoms with E-state index in [-0.39, 0.29) is 23.8 Å². The molecule has 0 radical (unpaired) electrons.